The Kier molecular flexibility index (Phi) is 23.0. The summed E-state index contributed by atoms with van der Waals surface area (Å²) in [6.45, 7) is 14.0. The monoisotopic (exact) mass is 1060 g/mol. The summed E-state index contributed by atoms with van der Waals surface area (Å²) in [5.41, 5.74) is 9.90. The lowest BCUT2D eigenvalue weighted by molar-refractivity contribution is 0.0627. The van der Waals surface area contributed by atoms with Crippen LogP contribution in [-0.2, 0) is 6.54 Å². The molecule has 0 saturated carbocycles. The smallest absolute Gasteiger partial charge is 0.376 e. The molecule has 3 aliphatic heterocycles. The SMILES string of the molecule is C.CB(O)N1CCN(C(=O)c2ccc(Br)cc2)CC1.CB(O)N1CCNCC1.Nc1cc(CN2CCN(C(=O)c3ccc(-c4ccncc4F)cc3)CC2)ccn1.O=C(Cl)c1ccc(Br)cc1. The molecule has 0 bridgehead atoms. The zero-order valence-corrected chi connectivity index (χ0v) is 41.0. The number of anilines is 1. The van der Waals surface area contributed by atoms with Gasteiger partial charge < -0.3 is 40.5 Å². The average Bonchev–Trinajstić information content (AvgIpc) is 3.33. The highest BCUT2D eigenvalue weighted by molar-refractivity contribution is 9.10. The van der Waals surface area contributed by atoms with Crippen LogP contribution in [0.2, 0.25) is 13.6 Å². The fraction of sp³-hybridized carbons (Fsp3) is 0.340. The first-order valence-corrected chi connectivity index (χ1v) is 23.6. The van der Waals surface area contributed by atoms with Gasteiger partial charge in [0.2, 0.25) is 0 Å². The third-order valence-corrected chi connectivity index (χ3v) is 12.4. The van der Waals surface area contributed by atoms with Crippen LogP contribution >= 0.6 is 43.5 Å². The van der Waals surface area contributed by atoms with Crippen LogP contribution in [0.1, 0.15) is 44.1 Å². The van der Waals surface area contributed by atoms with Crippen molar-refractivity contribution >= 4 is 80.4 Å². The fourth-order valence-corrected chi connectivity index (χ4v) is 7.91. The summed E-state index contributed by atoms with van der Waals surface area (Å²) in [7, 11) is -0.706. The molecule has 0 radical (unpaired) electrons. The first kappa shape index (κ1) is 55.0. The average molecular weight is 1070 g/mol. The Labute approximate surface area is 416 Å². The quantitative estimate of drug-likeness (QED) is 0.0971. The lowest BCUT2D eigenvalue weighted by atomic mass is 9.84. The highest BCUT2D eigenvalue weighted by atomic mass is 79.9. The number of carbonyl (C=O) groups excluding carboxylic acids is 3. The third-order valence-electron chi connectivity index (χ3n) is 11.1. The van der Waals surface area contributed by atoms with Crippen molar-refractivity contribution in [1.82, 2.24) is 39.6 Å². The normalized spacial score (nSPS) is 15.2. The number of hydrogen-bond acceptors (Lipinski definition) is 12. The number of amides is 2. The Morgan fingerprint density at radius 3 is 1.64 bits per heavy atom. The number of piperazine rings is 3. The second-order valence-electron chi connectivity index (χ2n) is 15.8. The van der Waals surface area contributed by atoms with Crippen molar-refractivity contribution in [2.45, 2.75) is 27.6 Å². The lowest BCUT2D eigenvalue weighted by Gasteiger charge is -2.35. The van der Waals surface area contributed by atoms with Crippen LogP contribution in [0.5, 0.6) is 0 Å². The molecule has 5 heterocycles. The highest BCUT2D eigenvalue weighted by Crippen LogP contribution is 2.23. The number of nitrogens with zero attached hydrogens (tertiary/aromatic N) is 7. The fourth-order valence-electron chi connectivity index (χ4n) is 7.25. The minimum absolute atomic E-state index is 0. The molecule has 2 aromatic heterocycles. The Morgan fingerprint density at radius 2 is 1.18 bits per heavy atom. The number of nitrogens with two attached hydrogens (primary N) is 1. The molecule has 2 amide bonds. The van der Waals surface area contributed by atoms with Crippen molar-refractivity contribution in [3.63, 3.8) is 0 Å². The number of benzene rings is 3. The van der Waals surface area contributed by atoms with Gasteiger partial charge in [0.25, 0.3) is 17.1 Å². The molecule has 5 N–H and O–H groups in total. The molecule has 3 saturated heterocycles. The number of nitrogens with one attached hydrogen (secondary N) is 1. The number of rotatable bonds is 8. The van der Waals surface area contributed by atoms with Gasteiger partial charge >= 0.3 is 14.1 Å². The Hall–Kier alpha value is -4.56. The first-order valence-electron chi connectivity index (χ1n) is 21.7. The molecule has 67 heavy (non-hydrogen) atoms. The molecular formula is C47H59B2Br2ClFN9O5. The van der Waals surface area contributed by atoms with Gasteiger partial charge in [0.15, 0.2) is 0 Å². The summed E-state index contributed by atoms with van der Waals surface area (Å²) in [5.74, 6) is 0.206. The highest BCUT2D eigenvalue weighted by Gasteiger charge is 2.26. The topological polar surface area (TPSA) is 172 Å². The molecule has 5 aromatic rings. The summed E-state index contributed by atoms with van der Waals surface area (Å²) in [4.78, 5) is 53.3. The predicted octanol–water partition coefficient (Wildman–Crippen LogP) is 6.61. The maximum absolute atomic E-state index is 13.9. The van der Waals surface area contributed by atoms with E-state index in [-0.39, 0.29) is 32.1 Å². The van der Waals surface area contributed by atoms with E-state index < -0.39 is 12.3 Å². The summed E-state index contributed by atoms with van der Waals surface area (Å²) in [6, 6.07) is 26.8. The Bertz CT molecular complexity index is 2300. The molecule has 14 nitrogen and oxygen atoms in total. The molecule has 3 aromatic carbocycles. The minimum Gasteiger partial charge on any atom is -0.437 e. The van der Waals surface area contributed by atoms with Gasteiger partial charge in [-0.2, -0.15) is 0 Å². The largest absolute Gasteiger partial charge is 0.437 e. The van der Waals surface area contributed by atoms with Crippen molar-refractivity contribution in [2.75, 3.05) is 84.3 Å². The van der Waals surface area contributed by atoms with Crippen molar-refractivity contribution in [3.8, 4) is 11.1 Å². The maximum atomic E-state index is 13.9. The number of aromatic nitrogens is 2. The van der Waals surface area contributed by atoms with E-state index in [1.165, 1.54) is 6.20 Å². The van der Waals surface area contributed by atoms with Gasteiger partial charge in [0, 0.05) is 129 Å². The Balaban J connectivity index is 0.000000218. The number of halogens is 4. The molecule has 0 unspecified atom stereocenters. The Morgan fingerprint density at radius 1 is 0.701 bits per heavy atom. The van der Waals surface area contributed by atoms with Crippen LogP contribution in [-0.4, -0.2) is 154 Å². The van der Waals surface area contributed by atoms with E-state index >= 15 is 0 Å². The van der Waals surface area contributed by atoms with Crippen molar-refractivity contribution in [1.29, 1.82) is 0 Å². The minimum atomic E-state index is -0.435. The third kappa shape index (κ3) is 17.8. The summed E-state index contributed by atoms with van der Waals surface area (Å²) >= 11 is 11.8. The molecular weight excluding hydrogens is 1010 g/mol. The van der Waals surface area contributed by atoms with Crippen LogP contribution in [0.3, 0.4) is 0 Å². The van der Waals surface area contributed by atoms with Gasteiger partial charge in [-0.3, -0.25) is 24.3 Å². The van der Waals surface area contributed by atoms with Crippen molar-refractivity contribution < 1.29 is 28.8 Å². The van der Waals surface area contributed by atoms with E-state index in [0.29, 0.717) is 54.3 Å². The second kappa shape index (κ2) is 28.1. The van der Waals surface area contributed by atoms with E-state index in [9.17, 15) is 23.8 Å². The van der Waals surface area contributed by atoms with E-state index in [0.717, 1.165) is 79.0 Å². The number of nitrogen functional groups attached to an aromatic ring is 1. The van der Waals surface area contributed by atoms with Crippen LogP contribution in [0.4, 0.5) is 10.2 Å². The first-order chi connectivity index (χ1) is 31.7. The molecule has 3 fully saturated rings. The summed E-state index contributed by atoms with van der Waals surface area (Å²) in [5, 5.41) is 21.3. The van der Waals surface area contributed by atoms with E-state index in [2.05, 4.69) is 56.9 Å². The van der Waals surface area contributed by atoms with Gasteiger partial charge in [-0.05, 0) is 115 Å². The van der Waals surface area contributed by atoms with E-state index in [4.69, 9.17) is 22.4 Å². The van der Waals surface area contributed by atoms with Crippen molar-refractivity contribution in [2.24, 2.45) is 0 Å². The van der Waals surface area contributed by atoms with Crippen LogP contribution in [0.15, 0.2) is 119 Å². The lowest BCUT2D eigenvalue weighted by Crippen LogP contribution is -2.52. The van der Waals surface area contributed by atoms with Crippen LogP contribution < -0.4 is 11.1 Å². The maximum Gasteiger partial charge on any atom is 0.376 e. The van der Waals surface area contributed by atoms with Gasteiger partial charge in [-0.25, -0.2) is 9.37 Å². The van der Waals surface area contributed by atoms with Crippen LogP contribution in [0, 0.1) is 5.82 Å². The summed E-state index contributed by atoms with van der Waals surface area (Å²) in [6.07, 6.45) is 4.46. The molecule has 0 aliphatic carbocycles. The molecule has 0 spiro atoms. The van der Waals surface area contributed by atoms with Crippen molar-refractivity contribution in [3.05, 3.63) is 147 Å². The number of carbonyl (C=O) groups is 3. The van der Waals surface area contributed by atoms with Crippen LogP contribution in [0.25, 0.3) is 11.1 Å². The van der Waals surface area contributed by atoms with Gasteiger partial charge in [0.1, 0.15) is 11.6 Å². The van der Waals surface area contributed by atoms with E-state index in [1.807, 2.05) is 57.8 Å². The van der Waals surface area contributed by atoms with Gasteiger partial charge in [-0.15, -0.1) is 0 Å². The van der Waals surface area contributed by atoms with Gasteiger partial charge in [-0.1, -0.05) is 51.4 Å². The predicted molar refractivity (Wildman–Crippen MR) is 274 cm³/mol. The standard InChI is InChI=1S/C22H22FN5O.C12H16BBrN2O2.C7H4BrClO.C5H13BN2O.CH4/c23-20-14-25-7-6-19(20)17-1-3-18(4-2-17)22(29)28-11-9-27(10-12-28)15-16-5-8-26-21(24)13-16;1-13(18)16-8-6-15(7-9-16)12(17)10-2-4-11(14)5-3-10;8-6-3-1-5(2-4-6)7(9)10;1-6(9)8-4-2-7-3-5-8;/h1-8,13-14H,9-12,15H2,(H2,24,26);2-5,18H,6-9H2,1H3;1-4H;7,9H,2-5H2,1H3;1H4. The zero-order chi connectivity index (χ0) is 47.6. The number of pyridine rings is 2. The summed E-state index contributed by atoms with van der Waals surface area (Å²) < 4.78 is 15.8. The molecule has 8 rings (SSSR count). The molecule has 20 heteroatoms. The molecule has 3 aliphatic rings. The zero-order valence-electron chi connectivity index (χ0n) is 37.1. The van der Waals surface area contributed by atoms with Gasteiger partial charge in [0.05, 0.1) is 6.20 Å². The molecule has 0 atom stereocenters. The van der Waals surface area contributed by atoms with E-state index in [1.54, 1.807) is 73.8 Å². The number of hydrogen-bond donors (Lipinski definition) is 4. The molecule has 356 valence electrons. The second-order valence-corrected chi connectivity index (χ2v) is 17.9.